The molecule has 1 heterocycles. The van der Waals surface area contributed by atoms with Crippen LogP contribution in [0, 0.1) is 5.41 Å². The van der Waals surface area contributed by atoms with Crippen LogP contribution < -0.4 is 5.32 Å². The molecular formula is C14H25IN4O. The normalized spacial score (nSPS) is 17.6. The van der Waals surface area contributed by atoms with Gasteiger partial charge in [-0.2, -0.15) is 0 Å². The third-order valence-corrected chi connectivity index (χ3v) is 3.95. The van der Waals surface area contributed by atoms with Gasteiger partial charge >= 0.3 is 0 Å². The number of aromatic nitrogens is 1. The Morgan fingerprint density at radius 2 is 2.20 bits per heavy atom. The van der Waals surface area contributed by atoms with Crippen molar-refractivity contribution in [2.45, 2.75) is 39.2 Å². The van der Waals surface area contributed by atoms with Crippen LogP contribution in [0.3, 0.4) is 0 Å². The van der Waals surface area contributed by atoms with Gasteiger partial charge in [0.15, 0.2) is 5.96 Å². The average Bonchev–Trinajstić information content (AvgIpc) is 3.02. The second kappa shape index (κ2) is 7.85. The Morgan fingerprint density at radius 3 is 2.75 bits per heavy atom. The largest absolute Gasteiger partial charge is 0.364 e. The molecule has 0 amide bonds. The molecular weight excluding hydrogens is 367 g/mol. The van der Waals surface area contributed by atoms with E-state index in [0.717, 1.165) is 18.2 Å². The standard InChI is InChI=1S/C14H24N4O.HI/c1-14(7-4-5-8-14)11-16-13(15-2)18(3)10-12-6-9-19-17-12;/h6,9H,4-5,7-8,10-11H2,1-3H3,(H,15,16);1H. The molecule has 0 aliphatic heterocycles. The predicted molar refractivity (Wildman–Crippen MR) is 91.3 cm³/mol. The van der Waals surface area contributed by atoms with Gasteiger partial charge in [0.05, 0.1) is 6.54 Å². The third-order valence-electron chi connectivity index (χ3n) is 3.95. The second-order valence-electron chi connectivity index (χ2n) is 5.77. The molecule has 114 valence electrons. The molecule has 1 aliphatic carbocycles. The van der Waals surface area contributed by atoms with Crippen molar-refractivity contribution in [3.05, 3.63) is 18.0 Å². The van der Waals surface area contributed by atoms with E-state index in [4.69, 9.17) is 4.52 Å². The number of nitrogens with zero attached hydrogens (tertiary/aromatic N) is 3. The summed E-state index contributed by atoms with van der Waals surface area (Å²) in [5, 5.41) is 7.41. The summed E-state index contributed by atoms with van der Waals surface area (Å²) >= 11 is 0. The first-order chi connectivity index (χ1) is 9.13. The number of hydrogen-bond donors (Lipinski definition) is 1. The summed E-state index contributed by atoms with van der Waals surface area (Å²) in [4.78, 5) is 6.40. The van der Waals surface area contributed by atoms with Crippen molar-refractivity contribution in [2.24, 2.45) is 10.4 Å². The first-order valence-corrected chi connectivity index (χ1v) is 6.94. The van der Waals surface area contributed by atoms with E-state index in [1.54, 1.807) is 6.26 Å². The summed E-state index contributed by atoms with van der Waals surface area (Å²) in [6.45, 7) is 4.05. The quantitative estimate of drug-likeness (QED) is 0.487. The number of nitrogens with one attached hydrogen (secondary N) is 1. The van der Waals surface area contributed by atoms with E-state index in [9.17, 15) is 0 Å². The molecule has 0 atom stereocenters. The summed E-state index contributed by atoms with van der Waals surface area (Å²) < 4.78 is 4.85. The highest BCUT2D eigenvalue weighted by Gasteiger charge is 2.28. The molecule has 1 fully saturated rings. The first-order valence-electron chi connectivity index (χ1n) is 6.94. The number of hydrogen-bond acceptors (Lipinski definition) is 3. The van der Waals surface area contributed by atoms with Crippen molar-refractivity contribution < 1.29 is 4.52 Å². The zero-order valence-corrected chi connectivity index (χ0v) is 14.9. The monoisotopic (exact) mass is 392 g/mol. The minimum Gasteiger partial charge on any atom is -0.364 e. The highest BCUT2D eigenvalue weighted by molar-refractivity contribution is 14.0. The summed E-state index contributed by atoms with van der Waals surface area (Å²) in [5.74, 6) is 0.913. The smallest absolute Gasteiger partial charge is 0.193 e. The molecule has 1 saturated carbocycles. The summed E-state index contributed by atoms with van der Waals surface area (Å²) in [6.07, 6.45) is 6.92. The molecule has 20 heavy (non-hydrogen) atoms. The molecule has 1 aliphatic rings. The Morgan fingerprint density at radius 1 is 1.50 bits per heavy atom. The van der Waals surface area contributed by atoms with Crippen molar-refractivity contribution in [1.82, 2.24) is 15.4 Å². The second-order valence-corrected chi connectivity index (χ2v) is 5.77. The number of aliphatic imine (C=N–C) groups is 1. The van der Waals surface area contributed by atoms with E-state index in [1.807, 2.05) is 20.2 Å². The lowest BCUT2D eigenvalue weighted by molar-refractivity contribution is 0.325. The van der Waals surface area contributed by atoms with Crippen molar-refractivity contribution in [1.29, 1.82) is 0 Å². The molecule has 1 aromatic rings. The number of halogens is 1. The van der Waals surface area contributed by atoms with Crippen LogP contribution in [0.25, 0.3) is 0 Å². The molecule has 1 N–H and O–H groups in total. The molecule has 0 radical (unpaired) electrons. The van der Waals surface area contributed by atoms with E-state index in [0.29, 0.717) is 12.0 Å². The van der Waals surface area contributed by atoms with Gasteiger partial charge in [0.2, 0.25) is 0 Å². The van der Waals surface area contributed by atoms with Gasteiger partial charge in [-0.3, -0.25) is 4.99 Å². The van der Waals surface area contributed by atoms with Crippen LogP contribution in [0.2, 0.25) is 0 Å². The number of guanidine groups is 1. The summed E-state index contributed by atoms with van der Waals surface area (Å²) in [5.41, 5.74) is 1.34. The SMILES string of the molecule is CN=C(NCC1(C)CCCC1)N(C)Cc1ccon1.I. The van der Waals surface area contributed by atoms with E-state index in [1.165, 1.54) is 25.7 Å². The highest BCUT2D eigenvalue weighted by Crippen LogP contribution is 2.36. The molecule has 0 saturated heterocycles. The Kier molecular flexibility index (Phi) is 6.78. The molecule has 0 aromatic carbocycles. The van der Waals surface area contributed by atoms with Crippen molar-refractivity contribution in [2.75, 3.05) is 20.6 Å². The summed E-state index contributed by atoms with van der Waals surface area (Å²) in [6, 6.07) is 1.88. The van der Waals surface area contributed by atoms with Gasteiger partial charge in [-0.05, 0) is 18.3 Å². The zero-order valence-electron chi connectivity index (χ0n) is 12.6. The Bertz CT molecular complexity index is 413. The predicted octanol–water partition coefficient (Wildman–Crippen LogP) is 2.88. The molecule has 5 nitrogen and oxygen atoms in total. The van der Waals surface area contributed by atoms with E-state index in [-0.39, 0.29) is 24.0 Å². The topological polar surface area (TPSA) is 53.7 Å². The average molecular weight is 392 g/mol. The van der Waals surface area contributed by atoms with Gasteiger partial charge in [-0.1, -0.05) is 24.9 Å². The van der Waals surface area contributed by atoms with Crippen LogP contribution in [-0.2, 0) is 6.54 Å². The van der Waals surface area contributed by atoms with Crippen LogP contribution in [0.4, 0.5) is 0 Å². The van der Waals surface area contributed by atoms with Crippen LogP contribution in [0.15, 0.2) is 21.8 Å². The maximum absolute atomic E-state index is 4.85. The molecule has 6 heteroatoms. The molecule has 0 unspecified atom stereocenters. The van der Waals surface area contributed by atoms with Crippen molar-refractivity contribution >= 4 is 29.9 Å². The minimum atomic E-state index is 0. The van der Waals surface area contributed by atoms with Gasteiger partial charge in [0.25, 0.3) is 0 Å². The Hall–Kier alpha value is -0.790. The fourth-order valence-electron chi connectivity index (χ4n) is 2.72. The van der Waals surface area contributed by atoms with Crippen LogP contribution >= 0.6 is 24.0 Å². The molecule has 0 spiro atoms. The lowest BCUT2D eigenvalue weighted by Gasteiger charge is -2.28. The van der Waals surface area contributed by atoms with Gasteiger partial charge in [0.1, 0.15) is 12.0 Å². The van der Waals surface area contributed by atoms with Crippen LogP contribution in [0.1, 0.15) is 38.3 Å². The van der Waals surface area contributed by atoms with Crippen LogP contribution in [-0.4, -0.2) is 36.7 Å². The molecule has 0 bridgehead atoms. The van der Waals surface area contributed by atoms with Crippen molar-refractivity contribution in [3.8, 4) is 0 Å². The zero-order chi connectivity index (χ0) is 13.7. The Labute approximate surface area is 138 Å². The molecule has 2 rings (SSSR count). The van der Waals surface area contributed by atoms with Gasteiger partial charge in [0, 0.05) is 26.7 Å². The van der Waals surface area contributed by atoms with Crippen LogP contribution in [0.5, 0.6) is 0 Å². The lowest BCUT2D eigenvalue weighted by atomic mass is 9.89. The van der Waals surface area contributed by atoms with E-state index in [2.05, 4.69) is 27.3 Å². The highest BCUT2D eigenvalue weighted by atomic mass is 127. The lowest BCUT2D eigenvalue weighted by Crippen LogP contribution is -2.42. The number of rotatable bonds is 4. The van der Waals surface area contributed by atoms with Gasteiger partial charge in [-0.25, -0.2) is 0 Å². The molecule has 1 aromatic heterocycles. The van der Waals surface area contributed by atoms with E-state index >= 15 is 0 Å². The summed E-state index contributed by atoms with van der Waals surface area (Å²) in [7, 11) is 3.83. The van der Waals surface area contributed by atoms with Gasteiger partial charge in [-0.15, -0.1) is 24.0 Å². The maximum Gasteiger partial charge on any atom is 0.193 e. The fourth-order valence-corrected chi connectivity index (χ4v) is 2.72. The van der Waals surface area contributed by atoms with Gasteiger partial charge < -0.3 is 14.7 Å². The van der Waals surface area contributed by atoms with E-state index < -0.39 is 0 Å². The first kappa shape index (κ1) is 17.3. The minimum absolute atomic E-state index is 0. The Balaban J connectivity index is 0.00000200. The maximum atomic E-state index is 4.85. The third kappa shape index (κ3) is 4.64. The van der Waals surface area contributed by atoms with Crippen molar-refractivity contribution in [3.63, 3.8) is 0 Å². The fraction of sp³-hybridized carbons (Fsp3) is 0.714.